The molecule has 1 saturated heterocycles. The van der Waals surface area contributed by atoms with Crippen molar-refractivity contribution in [1.82, 2.24) is 4.90 Å². The molecule has 0 radical (unpaired) electrons. The van der Waals surface area contributed by atoms with Crippen molar-refractivity contribution in [2.45, 2.75) is 25.4 Å². The maximum atomic E-state index is 12.3. The summed E-state index contributed by atoms with van der Waals surface area (Å²) in [6.45, 7) is -2.07. The fourth-order valence-electron chi connectivity index (χ4n) is 2.10. The smallest absolute Gasteiger partial charge is 0.387 e. The monoisotopic (exact) mass is 293 g/mol. The Labute approximate surface area is 114 Å². The highest BCUT2D eigenvalue weighted by atomic mass is 35.5. The lowest BCUT2D eigenvalue weighted by Gasteiger charge is -2.17. The lowest BCUT2D eigenvalue weighted by Crippen LogP contribution is -2.22. The van der Waals surface area contributed by atoms with Gasteiger partial charge in [0, 0.05) is 30.2 Å². The number of aliphatic hydroxyl groups is 2. The first-order chi connectivity index (χ1) is 8.95. The molecule has 1 aliphatic rings. The molecule has 0 aromatic heterocycles. The van der Waals surface area contributed by atoms with Crippen LogP contribution in [-0.2, 0) is 6.54 Å². The highest BCUT2D eigenvalue weighted by molar-refractivity contribution is 6.30. The number of β-amino-alcohol motifs (C(OH)–C–C–N with tert-alkyl or cyclic N) is 2. The molecule has 0 aliphatic carbocycles. The molecule has 2 atom stereocenters. The lowest BCUT2D eigenvalue weighted by molar-refractivity contribution is -0.0507. The van der Waals surface area contributed by atoms with Crippen LogP contribution in [0.25, 0.3) is 0 Å². The molecule has 19 heavy (non-hydrogen) atoms. The number of halogens is 3. The van der Waals surface area contributed by atoms with E-state index in [1.165, 1.54) is 18.2 Å². The molecule has 2 N–H and O–H groups in total. The van der Waals surface area contributed by atoms with Gasteiger partial charge in [0.05, 0.1) is 12.2 Å². The molecule has 4 nitrogen and oxygen atoms in total. The van der Waals surface area contributed by atoms with Crippen molar-refractivity contribution in [1.29, 1.82) is 0 Å². The van der Waals surface area contributed by atoms with Crippen LogP contribution in [0.5, 0.6) is 5.75 Å². The van der Waals surface area contributed by atoms with Gasteiger partial charge in [0.25, 0.3) is 0 Å². The largest absolute Gasteiger partial charge is 0.434 e. The van der Waals surface area contributed by atoms with Crippen LogP contribution in [0.1, 0.15) is 5.56 Å². The number of hydrogen-bond acceptors (Lipinski definition) is 4. The van der Waals surface area contributed by atoms with E-state index in [-0.39, 0.29) is 25.4 Å². The molecule has 1 heterocycles. The third kappa shape index (κ3) is 3.76. The van der Waals surface area contributed by atoms with Crippen molar-refractivity contribution in [2.75, 3.05) is 13.1 Å². The number of alkyl halides is 2. The quantitative estimate of drug-likeness (QED) is 0.883. The molecule has 0 bridgehead atoms. The Morgan fingerprint density at radius 1 is 1.32 bits per heavy atom. The number of hydrogen-bond donors (Lipinski definition) is 2. The SMILES string of the molecule is OC1CN(Cc2cc(Cl)ccc2OC(F)F)CC1O. The van der Waals surface area contributed by atoms with Crippen LogP contribution >= 0.6 is 11.6 Å². The molecule has 1 aliphatic heterocycles. The third-order valence-corrected chi connectivity index (χ3v) is 3.20. The maximum Gasteiger partial charge on any atom is 0.387 e. The maximum absolute atomic E-state index is 12.3. The predicted molar refractivity (Wildman–Crippen MR) is 65.4 cm³/mol. The van der Waals surface area contributed by atoms with E-state index >= 15 is 0 Å². The van der Waals surface area contributed by atoms with Crippen LogP contribution < -0.4 is 4.74 Å². The number of ether oxygens (including phenoxy) is 1. The van der Waals surface area contributed by atoms with Crippen LogP contribution in [0.15, 0.2) is 18.2 Å². The summed E-state index contributed by atoms with van der Waals surface area (Å²) < 4.78 is 29.0. The van der Waals surface area contributed by atoms with E-state index in [9.17, 15) is 19.0 Å². The third-order valence-electron chi connectivity index (χ3n) is 2.97. The Kier molecular flexibility index (Phi) is 4.57. The summed E-state index contributed by atoms with van der Waals surface area (Å²) in [5, 5.41) is 19.3. The van der Waals surface area contributed by atoms with Gasteiger partial charge in [0.1, 0.15) is 5.75 Å². The van der Waals surface area contributed by atoms with Gasteiger partial charge >= 0.3 is 6.61 Å². The van der Waals surface area contributed by atoms with Crippen molar-refractivity contribution >= 4 is 11.6 Å². The van der Waals surface area contributed by atoms with Crippen molar-refractivity contribution < 1.29 is 23.7 Å². The van der Waals surface area contributed by atoms with E-state index < -0.39 is 18.8 Å². The second-order valence-corrected chi connectivity index (χ2v) is 4.90. The Hall–Kier alpha value is -0.950. The van der Waals surface area contributed by atoms with E-state index in [2.05, 4.69) is 4.74 Å². The van der Waals surface area contributed by atoms with Crippen molar-refractivity contribution in [3.63, 3.8) is 0 Å². The number of nitrogens with zero attached hydrogens (tertiary/aromatic N) is 1. The average Bonchev–Trinajstić information content (AvgIpc) is 2.61. The zero-order valence-corrected chi connectivity index (χ0v) is 10.7. The van der Waals surface area contributed by atoms with Gasteiger partial charge in [0.2, 0.25) is 0 Å². The van der Waals surface area contributed by atoms with Gasteiger partial charge in [-0.25, -0.2) is 0 Å². The molecular formula is C12H14ClF2NO3. The summed E-state index contributed by atoms with van der Waals surface area (Å²) in [7, 11) is 0. The fourth-order valence-corrected chi connectivity index (χ4v) is 2.29. The fraction of sp³-hybridized carbons (Fsp3) is 0.500. The molecule has 7 heteroatoms. The van der Waals surface area contributed by atoms with Gasteiger partial charge in [0.15, 0.2) is 0 Å². The second-order valence-electron chi connectivity index (χ2n) is 4.46. The minimum atomic E-state index is -2.91. The van der Waals surface area contributed by atoms with Crippen molar-refractivity contribution in [2.24, 2.45) is 0 Å². The number of benzene rings is 1. The second kappa shape index (κ2) is 6.00. The number of aliphatic hydroxyl groups excluding tert-OH is 2. The standard InChI is InChI=1S/C12H14ClF2NO3/c13-8-1-2-11(19-12(14)15)7(3-8)4-16-5-9(17)10(18)6-16/h1-3,9-10,12,17-18H,4-6H2. The minimum Gasteiger partial charge on any atom is -0.434 e. The van der Waals surface area contributed by atoms with E-state index in [1.807, 2.05) is 0 Å². The first-order valence-electron chi connectivity index (χ1n) is 5.77. The summed E-state index contributed by atoms with van der Waals surface area (Å²) in [6, 6.07) is 4.39. The minimum absolute atomic E-state index is 0.0512. The van der Waals surface area contributed by atoms with E-state index in [0.717, 1.165) is 0 Å². The molecule has 0 spiro atoms. The first kappa shape index (κ1) is 14.5. The predicted octanol–water partition coefficient (Wildman–Crippen LogP) is 1.48. The Bertz CT molecular complexity index is 437. The van der Waals surface area contributed by atoms with Gasteiger partial charge in [-0.05, 0) is 18.2 Å². The molecule has 106 valence electrons. The lowest BCUT2D eigenvalue weighted by atomic mass is 10.2. The molecule has 1 aromatic carbocycles. The molecule has 2 unspecified atom stereocenters. The van der Waals surface area contributed by atoms with Crippen LogP contribution in [0.2, 0.25) is 5.02 Å². The van der Waals surface area contributed by atoms with E-state index in [0.29, 0.717) is 10.6 Å². The van der Waals surface area contributed by atoms with Crippen LogP contribution in [0, 0.1) is 0 Å². The highest BCUT2D eigenvalue weighted by Crippen LogP contribution is 2.27. The normalized spacial score (nSPS) is 24.1. The van der Waals surface area contributed by atoms with Gasteiger partial charge < -0.3 is 14.9 Å². The summed E-state index contributed by atoms with van der Waals surface area (Å²) >= 11 is 5.84. The van der Waals surface area contributed by atoms with Gasteiger partial charge in [-0.15, -0.1) is 0 Å². The molecule has 2 rings (SSSR count). The van der Waals surface area contributed by atoms with Crippen molar-refractivity contribution in [3.05, 3.63) is 28.8 Å². The summed E-state index contributed by atoms with van der Waals surface area (Å²) in [6.07, 6.45) is -1.64. The molecule has 0 amide bonds. The molecule has 1 aromatic rings. The molecular weight excluding hydrogens is 280 g/mol. The average molecular weight is 294 g/mol. The molecule has 1 fully saturated rings. The van der Waals surface area contributed by atoms with Gasteiger partial charge in [-0.2, -0.15) is 8.78 Å². The van der Waals surface area contributed by atoms with Crippen LogP contribution in [0.4, 0.5) is 8.78 Å². The van der Waals surface area contributed by atoms with Gasteiger partial charge in [-0.3, -0.25) is 4.90 Å². The Morgan fingerprint density at radius 3 is 2.53 bits per heavy atom. The topological polar surface area (TPSA) is 52.9 Å². The number of rotatable bonds is 4. The number of likely N-dealkylation sites (tertiary alicyclic amines) is 1. The summed E-state index contributed by atoms with van der Waals surface area (Å²) in [5.41, 5.74) is 0.495. The van der Waals surface area contributed by atoms with Crippen LogP contribution in [0.3, 0.4) is 0 Å². The Balaban J connectivity index is 2.12. The zero-order chi connectivity index (χ0) is 14.0. The van der Waals surface area contributed by atoms with Crippen molar-refractivity contribution in [3.8, 4) is 5.75 Å². The zero-order valence-electron chi connectivity index (χ0n) is 9.97. The molecule has 0 saturated carbocycles. The summed E-state index contributed by atoms with van der Waals surface area (Å²) in [5.74, 6) is 0.0512. The first-order valence-corrected chi connectivity index (χ1v) is 6.15. The highest BCUT2D eigenvalue weighted by Gasteiger charge is 2.30. The van der Waals surface area contributed by atoms with E-state index in [1.54, 1.807) is 4.90 Å². The van der Waals surface area contributed by atoms with E-state index in [4.69, 9.17) is 11.6 Å². The van der Waals surface area contributed by atoms with Gasteiger partial charge in [-0.1, -0.05) is 11.6 Å². The summed E-state index contributed by atoms with van der Waals surface area (Å²) in [4.78, 5) is 1.75. The Morgan fingerprint density at radius 2 is 1.95 bits per heavy atom. The van der Waals surface area contributed by atoms with Crippen LogP contribution in [-0.4, -0.2) is 47.0 Å².